The highest BCUT2D eigenvalue weighted by Crippen LogP contribution is 2.37. The average Bonchev–Trinajstić information content (AvgIpc) is 2.48. The first kappa shape index (κ1) is 14.6. The van der Waals surface area contributed by atoms with Gasteiger partial charge in [-0.2, -0.15) is 0 Å². The van der Waals surface area contributed by atoms with Gasteiger partial charge in [0.2, 0.25) is 0 Å². The Bertz CT molecular complexity index is 655. The second-order valence-corrected chi connectivity index (χ2v) is 6.67. The molecule has 0 amide bonds. The molecule has 1 unspecified atom stereocenters. The smallest absolute Gasteiger partial charge is 0.133 e. The fraction of sp³-hybridized carbons (Fsp3) is 0.333. The summed E-state index contributed by atoms with van der Waals surface area (Å²) in [7, 11) is 1.68. The van der Waals surface area contributed by atoms with E-state index in [1.165, 1.54) is 16.7 Å². The average molecular weight is 346 g/mol. The van der Waals surface area contributed by atoms with E-state index >= 15 is 0 Å². The molecule has 3 rings (SSSR count). The number of fused-ring (bicyclic) bond motifs is 1. The van der Waals surface area contributed by atoms with E-state index in [1.807, 2.05) is 6.07 Å². The van der Waals surface area contributed by atoms with E-state index in [0.29, 0.717) is 0 Å². The number of benzene rings is 2. The quantitative estimate of drug-likeness (QED) is 0.904. The summed E-state index contributed by atoms with van der Waals surface area (Å²) in [4.78, 5) is 0. The highest BCUT2D eigenvalue weighted by Gasteiger charge is 2.32. The molecule has 2 nitrogen and oxygen atoms in total. The second-order valence-electron chi connectivity index (χ2n) is 5.81. The van der Waals surface area contributed by atoms with E-state index in [2.05, 4.69) is 52.3 Å². The number of nitrogens with two attached hydrogens (primary N) is 1. The third-order valence-electron chi connectivity index (χ3n) is 4.36. The molecule has 0 aromatic heterocycles. The zero-order valence-corrected chi connectivity index (χ0v) is 13.8. The fourth-order valence-corrected chi connectivity index (χ4v) is 3.91. The Morgan fingerprint density at radius 1 is 1.24 bits per heavy atom. The lowest BCUT2D eigenvalue weighted by Gasteiger charge is -2.36. The van der Waals surface area contributed by atoms with Crippen LogP contribution in [0.1, 0.15) is 29.5 Å². The minimum absolute atomic E-state index is 0.261. The molecule has 1 aliphatic rings. The Balaban J connectivity index is 1.92. The molecule has 1 atom stereocenters. The van der Waals surface area contributed by atoms with Crippen molar-refractivity contribution in [2.45, 2.75) is 31.2 Å². The van der Waals surface area contributed by atoms with Crippen molar-refractivity contribution in [3.05, 3.63) is 63.6 Å². The van der Waals surface area contributed by atoms with Gasteiger partial charge in [-0.3, -0.25) is 0 Å². The fourth-order valence-electron chi connectivity index (χ4n) is 3.32. The van der Waals surface area contributed by atoms with E-state index in [-0.39, 0.29) is 5.54 Å². The first-order valence-electron chi connectivity index (χ1n) is 7.32. The van der Waals surface area contributed by atoms with Crippen molar-refractivity contribution in [3.63, 3.8) is 0 Å². The molecule has 0 aliphatic heterocycles. The predicted octanol–water partition coefficient (Wildman–Crippen LogP) is 4.19. The summed E-state index contributed by atoms with van der Waals surface area (Å²) in [6.45, 7) is 0. The van der Waals surface area contributed by atoms with Crippen LogP contribution in [0, 0.1) is 0 Å². The molecule has 2 aromatic rings. The van der Waals surface area contributed by atoms with Crippen LogP contribution in [0.2, 0.25) is 0 Å². The summed E-state index contributed by atoms with van der Waals surface area (Å²) in [5.41, 5.74) is 10.5. The molecule has 0 heterocycles. The molecule has 0 fully saturated rings. The molecule has 0 saturated carbocycles. The number of hydrogen-bond acceptors (Lipinski definition) is 2. The van der Waals surface area contributed by atoms with Gasteiger partial charge < -0.3 is 10.5 Å². The Morgan fingerprint density at radius 3 is 2.81 bits per heavy atom. The van der Waals surface area contributed by atoms with Crippen LogP contribution in [0.15, 0.2) is 46.9 Å². The van der Waals surface area contributed by atoms with Gasteiger partial charge >= 0.3 is 0 Å². The zero-order valence-electron chi connectivity index (χ0n) is 12.2. The van der Waals surface area contributed by atoms with Crippen LogP contribution in [0.4, 0.5) is 0 Å². The van der Waals surface area contributed by atoms with Crippen LogP contribution in [0.3, 0.4) is 0 Å². The van der Waals surface area contributed by atoms with Gasteiger partial charge in [-0.05, 0) is 70.4 Å². The maximum Gasteiger partial charge on any atom is 0.133 e. The summed E-state index contributed by atoms with van der Waals surface area (Å²) in [6, 6.07) is 14.8. The molecular weight excluding hydrogens is 326 g/mol. The summed E-state index contributed by atoms with van der Waals surface area (Å²) in [5, 5.41) is 0. The lowest BCUT2D eigenvalue weighted by atomic mass is 9.74. The summed E-state index contributed by atoms with van der Waals surface area (Å²) in [5.74, 6) is 0.855. The first-order chi connectivity index (χ1) is 10.1. The predicted molar refractivity (Wildman–Crippen MR) is 89.6 cm³/mol. The molecule has 1 aliphatic carbocycles. The van der Waals surface area contributed by atoms with Crippen LogP contribution in [-0.4, -0.2) is 7.11 Å². The Hall–Kier alpha value is -1.32. The number of hydrogen-bond donors (Lipinski definition) is 1. The van der Waals surface area contributed by atoms with Crippen molar-refractivity contribution in [2.75, 3.05) is 7.11 Å². The molecule has 21 heavy (non-hydrogen) atoms. The van der Waals surface area contributed by atoms with Gasteiger partial charge in [-0.1, -0.05) is 30.3 Å². The van der Waals surface area contributed by atoms with Gasteiger partial charge in [0.15, 0.2) is 0 Å². The maximum atomic E-state index is 6.78. The van der Waals surface area contributed by atoms with Crippen LogP contribution in [0.5, 0.6) is 5.75 Å². The Morgan fingerprint density at radius 2 is 2.05 bits per heavy atom. The molecule has 0 radical (unpaired) electrons. The molecule has 2 N–H and O–H groups in total. The number of ether oxygens (including phenoxy) is 1. The van der Waals surface area contributed by atoms with Crippen molar-refractivity contribution in [1.29, 1.82) is 0 Å². The van der Waals surface area contributed by atoms with Crippen molar-refractivity contribution in [3.8, 4) is 5.75 Å². The third-order valence-corrected chi connectivity index (χ3v) is 4.98. The van der Waals surface area contributed by atoms with E-state index in [1.54, 1.807) is 7.11 Å². The highest BCUT2D eigenvalue weighted by molar-refractivity contribution is 9.10. The minimum Gasteiger partial charge on any atom is -0.496 e. The number of rotatable bonds is 3. The van der Waals surface area contributed by atoms with Crippen molar-refractivity contribution in [1.82, 2.24) is 0 Å². The molecule has 110 valence electrons. The lowest BCUT2D eigenvalue weighted by Crippen LogP contribution is -2.42. The SMILES string of the molecule is COc1ccc(CC2(N)CCCc3ccccc32)cc1Br. The standard InChI is InChI=1S/C18H20BrNO/c1-21-17-9-8-13(11-16(17)19)12-18(20)10-4-6-14-5-2-3-7-15(14)18/h2-3,5,7-9,11H,4,6,10,12,20H2,1H3. The Kier molecular flexibility index (Phi) is 4.05. The Labute approximate surface area is 134 Å². The zero-order chi connectivity index (χ0) is 14.9. The minimum atomic E-state index is -0.261. The molecule has 0 spiro atoms. The van der Waals surface area contributed by atoms with Crippen LogP contribution in [-0.2, 0) is 18.4 Å². The van der Waals surface area contributed by atoms with E-state index in [0.717, 1.165) is 35.9 Å². The topological polar surface area (TPSA) is 35.2 Å². The third kappa shape index (κ3) is 2.85. The van der Waals surface area contributed by atoms with Crippen molar-refractivity contribution >= 4 is 15.9 Å². The largest absolute Gasteiger partial charge is 0.496 e. The molecule has 2 aromatic carbocycles. The van der Waals surface area contributed by atoms with Gasteiger partial charge in [0.05, 0.1) is 11.6 Å². The van der Waals surface area contributed by atoms with E-state index < -0.39 is 0 Å². The van der Waals surface area contributed by atoms with Crippen molar-refractivity contribution < 1.29 is 4.74 Å². The summed E-state index contributed by atoms with van der Waals surface area (Å²) < 4.78 is 6.27. The van der Waals surface area contributed by atoms with Crippen LogP contribution < -0.4 is 10.5 Å². The molecule has 0 bridgehead atoms. The normalized spacial score (nSPS) is 20.9. The van der Waals surface area contributed by atoms with Crippen molar-refractivity contribution in [2.24, 2.45) is 5.73 Å². The first-order valence-corrected chi connectivity index (χ1v) is 8.11. The lowest BCUT2D eigenvalue weighted by molar-refractivity contribution is 0.369. The van der Waals surface area contributed by atoms with Gasteiger partial charge in [0.25, 0.3) is 0 Å². The summed E-state index contributed by atoms with van der Waals surface area (Å²) in [6.07, 6.45) is 4.19. The number of methoxy groups -OCH3 is 1. The van der Waals surface area contributed by atoms with Gasteiger partial charge in [-0.25, -0.2) is 0 Å². The van der Waals surface area contributed by atoms with Gasteiger partial charge in [0, 0.05) is 5.54 Å². The summed E-state index contributed by atoms with van der Waals surface area (Å²) >= 11 is 3.56. The monoisotopic (exact) mass is 345 g/mol. The molecule has 0 saturated heterocycles. The number of halogens is 1. The number of aryl methyl sites for hydroxylation is 1. The van der Waals surface area contributed by atoms with Crippen LogP contribution >= 0.6 is 15.9 Å². The van der Waals surface area contributed by atoms with E-state index in [9.17, 15) is 0 Å². The second kappa shape index (κ2) is 5.82. The maximum absolute atomic E-state index is 6.78. The van der Waals surface area contributed by atoms with Gasteiger partial charge in [-0.15, -0.1) is 0 Å². The van der Waals surface area contributed by atoms with Crippen LogP contribution in [0.25, 0.3) is 0 Å². The van der Waals surface area contributed by atoms with Gasteiger partial charge in [0.1, 0.15) is 5.75 Å². The van der Waals surface area contributed by atoms with E-state index in [4.69, 9.17) is 10.5 Å². The molecular formula is C18H20BrNO. The molecule has 3 heteroatoms. The highest BCUT2D eigenvalue weighted by atomic mass is 79.9.